The second-order valence-corrected chi connectivity index (χ2v) is 5.33. The molecule has 0 bridgehead atoms. The van der Waals surface area contributed by atoms with Crippen LogP contribution in [0.15, 0.2) is 24.3 Å². The van der Waals surface area contributed by atoms with Crippen LogP contribution in [0.3, 0.4) is 0 Å². The molecular weight excluding hydrogens is 317 g/mol. The molecule has 0 aromatic heterocycles. The summed E-state index contributed by atoms with van der Waals surface area (Å²) in [7, 11) is 0. The van der Waals surface area contributed by atoms with E-state index in [1.807, 2.05) is 0 Å². The van der Waals surface area contributed by atoms with E-state index in [1.54, 1.807) is 0 Å². The van der Waals surface area contributed by atoms with Gasteiger partial charge in [-0.25, -0.2) is 9.59 Å². The van der Waals surface area contributed by atoms with Crippen molar-refractivity contribution in [2.45, 2.75) is 19.1 Å². The topological polar surface area (TPSA) is 75.6 Å². The van der Waals surface area contributed by atoms with Gasteiger partial charge >= 0.3 is 11.9 Å². The standard InChI is InChI=1S/C14H13Cl2NO4/c15-10-4-3-8(6-11(10)16)9(14(19)20)7-13(18)21-12-2-1-5-17-12/h3-4,6-7,12,17H,1-2,5H2,(H,19,20)/b9-7+. The number of carbonyl (C=O) groups is 2. The molecule has 2 rings (SSSR count). The third-order valence-corrected chi connectivity index (χ3v) is 3.74. The Morgan fingerprint density at radius 3 is 2.67 bits per heavy atom. The number of aliphatic carboxylic acids is 1. The van der Waals surface area contributed by atoms with E-state index in [-0.39, 0.29) is 22.4 Å². The van der Waals surface area contributed by atoms with E-state index in [9.17, 15) is 14.7 Å². The number of hydrogen-bond donors (Lipinski definition) is 2. The van der Waals surface area contributed by atoms with E-state index in [2.05, 4.69) is 5.32 Å². The van der Waals surface area contributed by atoms with E-state index in [0.717, 1.165) is 25.5 Å². The Balaban J connectivity index is 2.20. The highest BCUT2D eigenvalue weighted by atomic mass is 35.5. The lowest BCUT2D eigenvalue weighted by molar-refractivity contribution is -0.144. The molecule has 1 aromatic carbocycles. The van der Waals surface area contributed by atoms with E-state index in [4.69, 9.17) is 27.9 Å². The Morgan fingerprint density at radius 2 is 2.10 bits per heavy atom. The van der Waals surface area contributed by atoms with Crippen LogP contribution in [-0.4, -0.2) is 29.8 Å². The second kappa shape index (κ2) is 6.93. The lowest BCUT2D eigenvalue weighted by Crippen LogP contribution is -2.27. The third-order valence-electron chi connectivity index (χ3n) is 3.00. The molecule has 0 radical (unpaired) electrons. The van der Waals surface area contributed by atoms with Crippen LogP contribution in [0.1, 0.15) is 18.4 Å². The molecule has 1 unspecified atom stereocenters. The van der Waals surface area contributed by atoms with Crippen LogP contribution in [-0.2, 0) is 14.3 Å². The summed E-state index contributed by atoms with van der Waals surface area (Å²) in [6.45, 7) is 0.778. The number of rotatable bonds is 4. The van der Waals surface area contributed by atoms with Crippen LogP contribution in [0.2, 0.25) is 10.0 Å². The van der Waals surface area contributed by atoms with Crippen molar-refractivity contribution in [2.24, 2.45) is 0 Å². The van der Waals surface area contributed by atoms with Gasteiger partial charge in [-0.3, -0.25) is 5.32 Å². The molecule has 0 spiro atoms. The second-order valence-electron chi connectivity index (χ2n) is 4.51. The third kappa shape index (κ3) is 4.20. The van der Waals surface area contributed by atoms with Crippen LogP contribution in [0.5, 0.6) is 0 Å². The lowest BCUT2D eigenvalue weighted by atomic mass is 10.1. The fraction of sp³-hybridized carbons (Fsp3) is 0.286. The van der Waals surface area contributed by atoms with Gasteiger partial charge in [0, 0.05) is 6.08 Å². The lowest BCUT2D eigenvalue weighted by Gasteiger charge is -2.10. The average molecular weight is 330 g/mol. The van der Waals surface area contributed by atoms with Crippen molar-refractivity contribution in [1.82, 2.24) is 5.32 Å². The Hall–Kier alpha value is -1.56. The summed E-state index contributed by atoms with van der Waals surface area (Å²) in [6, 6.07) is 4.35. The van der Waals surface area contributed by atoms with Gasteiger partial charge in [0.1, 0.15) is 0 Å². The van der Waals surface area contributed by atoms with Crippen molar-refractivity contribution in [1.29, 1.82) is 0 Å². The van der Waals surface area contributed by atoms with Gasteiger partial charge in [-0.15, -0.1) is 0 Å². The number of hydrogen-bond acceptors (Lipinski definition) is 4. The van der Waals surface area contributed by atoms with Crippen LogP contribution >= 0.6 is 23.2 Å². The molecule has 21 heavy (non-hydrogen) atoms. The first-order valence-corrected chi connectivity index (χ1v) is 7.07. The highest BCUT2D eigenvalue weighted by Gasteiger charge is 2.19. The number of ether oxygens (including phenoxy) is 1. The summed E-state index contributed by atoms with van der Waals surface area (Å²) in [6.07, 6.45) is 2.22. The molecule has 1 aromatic rings. The zero-order chi connectivity index (χ0) is 15.4. The largest absolute Gasteiger partial charge is 0.478 e. The molecule has 1 atom stereocenters. The number of carboxylic acid groups (broad SMARTS) is 1. The Morgan fingerprint density at radius 1 is 1.33 bits per heavy atom. The van der Waals surface area contributed by atoms with Crippen LogP contribution < -0.4 is 5.32 Å². The summed E-state index contributed by atoms with van der Waals surface area (Å²) in [5.41, 5.74) is 0.0878. The molecule has 0 amide bonds. The van der Waals surface area contributed by atoms with Gasteiger partial charge in [0.15, 0.2) is 6.23 Å². The number of nitrogens with one attached hydrogen (secondary N) is 1. The first-order valence-electron chi connectivity index (χ1n) is 6.32. The molecule has 5 nitrogen and oxygen atoms in total. The van der Waals surface area contributed by atoms with Gasteiger partial charge in [-0.2, -0.15) is 0 Å². The zero-order valence-electron chi connectivity index (χ0n) is 10.9. The summed E-state index contributed by atoms with van der Waals surface area (Å²) in [5, 5.41) is 12.7. The van der Waals surface area contributed by atoms with E-state index >= 15 is 0 Å². The van der Waals surface area contributed by atoms with Gasteiger partial charge in [0.05, 0.1) is 15.6 Å². The van der Waals surface area contributed by atoms with Crippen LogP contribution in [0, 0.1) is 0 Å². The van der Waals surface area contributed by atoms with E-state index in [1.165, 1.54) is 18.2 Å². The minimum atomic E-state index is -1.25. The van der Waals surface area contributed by atoms with Gasteiger partial charge in [0.2, 0.25) is 0 Å². The van der Waals surface area contributed by atoms with Crippen molar-refractivity contribution in [2.75, 3.05) is 6.54 Å². The molecule has 7 heteroatoms. The first kappa shape index (κ1) is 15.8. The highest BCUT2D eigenvalue weighted by Crippen LogP contribution is 2.26. The normalized spacial score (nSPS) is 18.6. The molecule has 1 heterocycles. The SMILES string of the molecule is O=C(/C=C(/C(=O)O)c1ccc(Cl)c(Cl)c1)OC1CCCN1. The maximum absolute atomic E-state index is 11.8. The maximum atomic E-state index is 11.8. The van der Waals surface area contributed by atoms with Crippen LogP contribution in [0.25, 0.3) is 5.57 Å². The molecule has 1 aliphatic heterocycles. The smallest absolute Gasteiger partial charge is 0.336 e. The number of carboxylic acids is 1. The molecule has 1 fully saturated rings. The Kier molecular flexibility index (Phi) is 5.22. The average Bonchev–Trinajstić information content (AvgIpc) is 2.92. The van der Waals surface area contributed by atoms with Gasteiger partial charge in [-0.05, 0) is 37.1 Å². The van der Waals surface area contributed by atoms with Crippen molar-refractivity contribution < 1.29 is 19.4 Å². The molecule has 1 aliphatic rings. The minimum Gasteiger partial charge on any atom is -0.478 e. The summed E-state index contributed by atoms with van der Waals surface area (Å²) < 4.78 is 5.12. The predicted molar refractivity (Wildman–Crippen MR) is 79.2 cm³/mol. The molecule has 0 saturated carbocycles. The maximum Gasteiger partial charge on any atom is 0.336 e. The Bertz CT molecular complexity index is 595. The highest BCUT2D eigenvalue weighted by molar-refractivity contribution is 6.42. The van der Waals surface area contributed by atoms with Gasteiger partial charge in [-0.1, -0.05) is 29.3 Å². The monoisotopic (exact) mass is 329 g/mol. The number of benzene rings is 1. The minimum absolute atomic E-state index is 0.198. The predicted octanol–water partition coefficient (Wildman–Crippen LogP) is 2.71. The van der Waals surface area contributed by atoms with Gasteiger partial charge in [0.25, 0.3) is 0 Å². The zero-order valence-corrected chi connectivity index (χ0v) is 12.4. The van der Waals surface area contributed by atoms with E-state index in [0.29, 0.717) is 5.02 Å². The fourth-order valence-corrected chi connectivity index (χ4v) is 2.28. The van der Waals surface area contributed by atoms with Crippen molar-refractivity contribution in [3.8, 4) is 0 Å². The van der Waals surface area contributed by atoms with Crippen molar-refractivity contribution >= 4 is 40.7 Å². The van der Waals surface area contributed by atoms with Crippen LogP contribution in [0.4, 0.5) is 0 Å². The van der Waals surface area contributed by atoms with E-state index < -0.39 is 11.9 Å². The first-order chi connectivity index (χ1) is 9.97. The summed E-state index contributed by atoms with van der Waals surface area (Å²) in [4.78, 5) is 23.1. The number of esters is 1. The number of carbonyl (C=O) groups excluding carboxylic acids is 1. The molecule has 0 aliphatic carbocycles. The quantitative estimate of drug-likeness (QED) is 0.656. The molecular formula is C14H13Cl2NO4. The van der Waals surface area contributed by atoms with Crippen molar-refractivity contribution in [3.63, 3.8) is 0 Å². The molecule has 1 saturated heterocycles. The Labute approximate surface area is 131 Å². The molecule has 2 N–H and O–H groups in total. The molecule has 112 valence electrons. The van der Waals surface area contributed by atoms with Gasteiger partial charge < -0.3 is 9.84 Å². The van der Waals surface area contributed by atoms with Crippen molar-refractivity contribution in [3.05, 3.63) is 39.9 Å². The summed E-state index contributed by atoms with van der Waals surface area (Å²) in [5.74, 6) is -1.96. The number of halogens is 2. The fourth-order valence-electron chi connectivity index (χ4n) is 1.98. The summed E-state index contributed by atoms with van der Waals surface area (Å²) >= 11 is 11.6.